The monoisotopic (exact) mass is 526 g/mol. The number of hydrogen-bond acceptors (Lipinski definition) is 5. The zero-order valence-corrected chi connectivity index (χ0v) is 23.0. The van der Waals surface area contributed by atoms with E-state index in [0.717, 1.165) is 22.2 Å². The number of ether oxygens (including phenoxy) is 1. The van der Waals surface area contributed by atoms with Crippen LogP contribution in [-0.4, -0.2) is 67.6 Å². The SMILES string of the molecule is COc1ccc2c(c1)c(CN1CCCN(S(C)(=O)=O)C(c3ccccc3)CC(=O)NCC1)cn2C(C)C. The average molecular weight is 527 g/mol. The summed E-state index contributed by atoms with van der Waals surface area (Å²) in [6.07, 6.45) is 4.19. The predicted octanol–water partition coefficient (Wildman–Crippen LogP) is 3.95. The second-order valence-corrected chi connectivity index (χ2v) is 12.0. The number of hydrogen-bond donors (Lipinski definition) is 1. The molecular formula is C28H38N4O4S. The maximum absolute atomic E-state index is 12.9. The molecule has 2 aromatic carbocycles. The first-order valence-electron chi connectivity index (χ1n) is 12.9. The number of nitrogens with zero attached hydrogens (tertiary/aromatic N) is 3. The van der Waals surface area contributed by atoms with E-state index >= 15 is 0 Å². The van der Waals surface area contributed by atoms with Crippen LogP contribution in [0.2, 0.25) is 0 Å². The van der Waals surface area contributed by atoms with Gasteiger partial charge in [-0.05, 0) is 56.1 Å². The van der Waals surface area contributed by atoms with Gasteiger partial charge in [-0.15, -0.1) is 0 Å². The van der Waals surface area contributed by atoms with Crippen molar-refractivity contribution in [2.75, 3.05) is 39.5 Å². The number of amides is 1. The van der Waals surface area contributed by atoms with Crippen molar-refractivity contribution in [3.05, 3.63) is 65.9 Å². The lowest BCUT2D eigenvalue weighted by Crippen LogP contribution is -2.38. The van der Waals surface area contributed by atoms with E-state index in [1.807, 2.05) is 36.4 Å². The molecule has 8 nitrogen and oxygen atoms in total. The molecule has 3 aromatic rings. The summed E-state index contributed by atoms with van der Waals surface area (Å²) >= 11 is 0. The normalized spacial score (nSPS) is 19.1. The third kappa shape index (κ3) is 6.52. The molecule has 1 fully saturated rings. The van der Waals surface area contributed by atoms with Gasteiger partial charge in [0, 0.05) is 55.7 Å². The summed E-state index contributed by atoms with van der Waals surface area (Å²) in [5.74, 6) is 0.668. The first-order valence-corrected chi connectivity index (χ1v) is 14.7. The van der Waals surface area contributed by atoms with Crippen LogP contribution in [0, 0.1) is 0 Å². The Morgan fingerprint density at radius 1 is 1.08 bits per heavy atom. The summed E-state index contributed by atoms with van der Waals surface area (Å²) in [5, 5.41) is 4.17. The Morgan fingerprint density at radius 2 is 1.84 bits per heavy atom. The van der Waals surface area contributed by atoms with E-state index in [1.54, 1.807) is 7.11 Å². The highest BCUT2D eigenvalue weighted by atomic mass is 32.2. The minimum Gasteiger partial charge on any atom is -0.497 e. The summed E-state index contributed by atoms with van der Waals surface area (Å²) in [4.78, 5) is 15.2. The first kappa shape index (κ1) is 27.2. The molecule has 9 heteroatoms. The van der Waals surface area contributed by atoms with Gasteiger partial charge >= 0.3 is 0 Å². The Balaban J connectivity index is 1.60. The molecule has 2 heterocycles. The Morgan fingerprint density at radius 3 is 2.51 bits per heavy atom. The van der Waals surface area contributed by atoms with Gasteiger partial charge in [-0.1, -0.05) is 30.3 Å². The molecule has 1 aliphatic heterocycles. The molecule has 1 atom stereocenters. The quantitative estimate of drug-likeness (QED) is 0.526. The topological polar surface area (TPSA) is 83.9 Å². The fraction of sp³-hybridized carbons (Fsp3) is 0.464. The summed E-state index contributed by atoms with van der Waals surface area (Å²) < 4.78 is 34.9. The summed E-state index contributed by atoms with van der Waals surface area (Å²) in [5.41, 5.74) is 3.17. The van der Waals surface area contributed by atoms with E-state index in [9.17, 15) is 13.2 Å². The Bertz CT molecular complexity index is 1320. The molecule has 0 spiro atoms. The molecule has 4 rings (SSSR count). The highest BCUT2D eigenvalue weighted by Gasteiger charge is 2.30. The van der Waals surface area contributed by atoms with Gasteiger partial charge in [0.1, 0.15) is 5.75 Å². The standard InChI is InChI=1S/C28H38N4O4S/c1-21(2)31-20-23(25-17-24(36-3)11-12-26(25)31)19-30-14-8-15-32(37(4,34)35)27(18-28(33)29-13-16-30)22-9-6-5-7-10-22/h5-7,9-12,17,20-21,27H,8,13-16,18-19H2,1-4H3,(H,29,33). The third-order valence-electron chi connectivity index (χ3n) is 7.01. The van der Waals surface area contributed by atoms with E-state index in [4.69, 9.17) is 4.74 Å². The number of nitrogens with one attached hydrogen (secondary N) is 1. The molecule has 1 aromatic heterocycles. The van der Waals surface area contributed by atoms with Gasteiger partial charge in [-0.3, -0.25) is 9.69 Å². The molecule has 1 N–H and O–H groups in total. The van der Waals surface area contributed by atoms with Crippen LogP contribution in [0.15, 0.2) is 54.7 Å². The number of carbonyl (C=O) groups excluding carboxylic acids is 1. The smallest absolute Gasteiger partial charge is 0.222 e. The van der Waals surface area contributed by atoms with Crippen LogP contribution in [0.1, 0.15) is 49.9 Å². The Kier molecular flexibility index (Phi) is 8.56. The van der Waals surface area contributed by atoms with Crippen molar-refractivity contribution in [1.82, 2.24) is 19.1 Å². The van der Waals surface area contributed by atoms with Gasteiger partial charge in [0.15, 0.2) is 0 Å². The van der Waals surface area contributed by atoms with E-state index in [1.165, 1.54) is 16.1 Å². The lowest BCUT2D eigenvalue weighted by molar-refractivity contribution is -0.122. The summed E-state index contributed by atoms with van der Waals surface area (Å²) in [6, 6.07) is 15.4. The Labute approximate surface area is 220 Å². The average Bonchev–Trinajstić information content (AvgIpc) is 3.21. The summed E-state index contributed by atoms with van der Waals surface area (Å²) in [7, 11) is -1.85. The number of sulfonamides is 1. The fourth-order valence-electron chi connectivity index (χ4n) is 5.16. The lowest BCUT2D eigenvalue weighted by atomic mass is 10.0. The van der Waals surface area contributed by atoms with Crippen molar-refractivity contribution < 1.29 is 17.9 Å². The minimum atomic E-state index is -3.53. The van der Waals surface area contributed by atoms with Crippen LogP contribution < -0.4 is 10.1 Å². The maximum Gasteiger partial charge on any atom is 0.222 e. The molecule has 0 radical (unpaired) electrons. The highest BCUT2D eigenvalue weighted by molar-refractivity contribution is 7.88. The molecule has 0 saturated carbocycles. The van der Waals surface area contributed by atoms with Gasteiger partial charge in [-0.2, -0.15) is 4.31 Å². The number of benzene rings is 2. The van der Waals surface area contributed by atoms with E-state index < -0.39 is 16.1 Å². The number of methoxy groups -OCH3 is 1. The van der Waals surface area contributed by atoms with Crippen molar-refractivity contribution in [1.29, 1.82) is 0 Å². The highest BCUT2D eigenvalue weighted by Crippen LogP contribution is 2.30. The minimum absolute atomic E-state index is 0.0960. The van der Waals surface area contributed by atoms with Crippen LogP contribution in [0.25, 0.3) is 10.9 Å². The first-order chi connectivity index (χ1) is 17.7. The van der Waals surface area contributed by atoms with Crippen LogP contribution in [0.5, 0.6) is 5.75 Å². The van der Waals surface area contributed by atoms with Gasteiger partial charge in [0.2, 0.25) is 15.9 Å². The third-order valence-corrected chi connectivity index (χ3v) is 8.30. The van der Waals surface area contributed by atoms with Crippen molar-refractivity contribution in [3.63, 3.8) is 0 Å². The molecule has 1 unspecified atom stereocenters. The van der Waals surface area contributed by atoms with E-state index in [0.29, 0.717) is 45.2 Å². The van der Waals surface area contributed by atoms with Crippen molar-refractivity contribution >= 4 is 26.8 Å². The predicted molar refractivity (Wildman–Crippen MR) is 147 cm³/mol. The Hall–Kier alpha value is -2.88. The van der Waals surface area contributed by atoms with Gasteiger partial charge < -0.3 is 14.6 Å². The van der Waals surface area contributed by atoms with E-state index in [2.05, 4.69) is 47.0 Å². The molecule has 37 heavy (non-hydrogen) atoms. The molecule has 0 bridgehead atoms. The maximum atomic E-state index is 12.9. The van der Waals surface area contributed by atoms with Gasteiger partial charge in [0.05, 0.1) is 19.4 Å². The lowest BCUT2D eigenvalue weighted by Gasteiger charge is -2.30. The number of carbonyl (C=O) groups is 1. The van der Waals surface area contributed by atoms with Crippen LogP contribution in [-0.2, 0) is 21.4 Å². The van der Waals surface area contributed by atoms with Crippen molar-refractivity contribution in [2.45, 2.75) is 45.3 Å². The largest absolute Gasteiger partial charge is 0.497 e. The second kappa shape index (κ2) is 11.7. The molecular weight excluding hydrogens is 488 g/mol. The molecule has 0 aliphatic carbocycles. The van der Waals surface area contributed by atoms with Gasteiger partial charge in [-0.25, -0.2) is 8.42 Å². The van der Waals surface area contributed by atoms with Crippen LogP contribution in [0.3, 0.4) is 0 Å². The van der Waals surface area contributed by atoms with Crippen molar-refractivity contribution in [3.8, 4) is 5.75 Å². The van der Waals surface area contributed by atoms with E-state index in [-0.39, 0.29) is 12.3 Å². The number of aromatic nitrogens is 1. The zero-order chi connectivity index (χ0) is 26.6. The molecule has 200 valence electrons. The van der Waals surface area contributed by atoms with Crippen LogP contribution >= 0.6 is 0 Å². The summed E-state index contributed by atoms with van der Waals surface area (Å²) in [6.45, 7) is 7.27. The van der Waals surface area contributed by atoms with Gasteiger partial charge in [0.25, 0.3) is 0 Å². The molecule has 1 saturated heterocycles. The molecule has 1 amide bonds. The zero-order valence-electron chi connectivity index (χ0n) is 22.2. The van der Waals surface area contributed by atoms with Crippen molar-refractivity contribution in [2.24, 2.45) is 0 Å². The molecule has 1 aliphatic rings. The van der Waals surface area contributed by atoms with Crippen LogP contribution in [0.4, 0.5) is 0 Å². The second-order valence-electron chi connectivity index (χ2n) is 10.0. The number of fused-ring (bicyclic) bond motifs is 1. The number of rotatable bonds is 6. The fourth-order valence-corrected chi connectivity index (χ4v) is 6.28.